The van der Waals surface area contributed by atoms with E-state index in [2.05, 4.69) is 15.9 Å². The van der Waals surface area contributed by atoms with E-state index in [1.54, 1.807) is 0 Å². The molecule has 0 aromatic heterocycles. The number of hydrogen-bond acceptors (Lipinski definition) is 3. The van der Waals surface area contributed by atoms with Gasteiger partial charge >= 0.3 is 0 Å². The molecule has 0 atom stereocenters. The van der Waals surface area contributed by atoms with Crippen molar-refractivity contribution in [3.8, 4) is 0 Å². The monoisotopic (exact) mass is 282 g/mol. The van der Waals surface area contributed by atoms with Gasteiger partial charge in [-0.15, -0.1) is 0 Å². The smallest absolute Gasteiger partial charge is 0.176 e. The molecular weight excluding hydrogens is 275 g/mol. The highest BCUT2D eigenvalue weighted by Gasteiger charge is 2.17. The van der Waals surface area contributed by atoms with Crippen LogP contribution >= 0.6 is 15.9 Å². The minimum atomic E-state index is -3.52. The number of rotatable bonds is 2. The van der Waals surface area contributed by atoms with Crippen LogP contribution in [-0.4, -0.2) is 19.8 Å². The number of hydrogen-bond donors (Lipinski definition) is 1. The standard InChI is InChI=1S/C8H8BrFO3S/c1-14(12,13)8-3-5(9)2-7(10)6(8)4-11/h2-3,11H,4H2,1H3. The molecule has 1 N–H and O–H groups in total. The van der Waals surface area contributed by atoms with Gasteiger partial charge in [-0.3, -0.25) is 0 Å². The van der Waals surface area contributed by atoms with Crippen molar-refractivity contribution in [2.24, 2.45) is 0 Å². The Hall–Kier alpha value is -0.460. The maximum atomic E-state index is 13.2. The Morgan fingerprint density at radius 3 is 2.50 bits per heavy atom. The van der Waals surface area contributed by atoms with Gasteiger partial charge in [-0.1, -0.05) is 15.9 Å². The van der Waals surface area contributed by atoms with Crippen molar-refractivity contribution >= 4 is 25.8 Å². The Morgan fingerprint density at radius 2 is 2.07 bits per heavy atom. The third kappa shape index (κ3) is 2.31. The summed E-state index contributed by atoms with van der Waals surface area (Å²) in [6, 6.07) is 2.38. The number of aliphatic hydroxyl groups excluding tert-OH is 1. The Morgan fingerprint density at radius 1 is 1.50 bits per heavy atom. The van der Waals surface area contributed by atoms with Crippen molar-refractivity contribution in [3.63, 3.8) is 0 Å². The Balaban J connectivity index is 3.56. The molecule has 6 heteroatoms. The minimum Gasteiger partial charge on any atom is -0.392 e. The Kier molecular flexibility index (Phi) is 3.28. The van der Waals surface area contributed by atoms with Gasteiger partial charge in [0.15, 0.2) is 9.84 Å². The van der Waals surface area contributed by atoms with Crippen LogP contribution in [0, 0.1) is 5.82 Å². The largest absolute Gasteiger partial charge is 0.392 e. The molecule has 0 saturated carbocycles. The first kappa shape index (κ1) is 11.6. The second kappa shape index (κ2) is 3.96. The third-order valence-electron chi connectivity index (χ3n) is 1.68. The summed E-state index contributed by atoms with van der Waals surface area (Å²) in [6.07, 6.45) is 0.966. The molecule has 78 valence electrons. The third-order valence-corrected chi connectivity index (χ3v) is 3.30. The van der Waals surface area contributed by atoms with Gasteiger partial charge < -0.3 is 5.11 Å². The fourth-order valence-electron chi connectivity index (χ4n) is 1.06. The Bertz CT molecular complexity index is 456. The van der Waals surface area contributed by atoms with Gasteiger partial charge in [0.05, 0.1) is 11.5 Å². The molecule has 1 aromatic rings. The average molecular weight is 283 g/mol. The molecular formula is C8H8BrFO3S. The molecule has 14 heavy (non-hydrogen) atoms. The summed E-state index contributed by atoms with van der Waals surface area (Å²) >= 11 is 2.98. The van der Waals surface area contributed by atoms with Crippen LogP contribution in [0.25, 0.3) is 0 Å². The fraction of sp³-hybridized carbons (Fsp3) is 0.250. The van der Waals surface area contributed by atoms with Gasteiger partial charge in [0.25, 0.3) is 0 Å². The molecule has 0 amide bonds. The summed E-state index contributed by atoms with van der Waals surface area (Å²) < 4.78 is 36.0. The zero-order valence-corrected chi connectivity index (χ0v) is 9.69. The minimum absolute atomic E-state index is 0.188. The van der Waals surface area contributed by atoms with Gasteiger partial charge in [0.1, 0.15) is 5.82 Å². The van der Waals surface area contributed by atoms with Crippen molar-refractivity contribution < 1.29 is 17.9 Å². The van der Waals surface area contributed by atoms with E-state index in [9.17, 15) is 12.8 Å². The van der Waals surface area contributed by atoms with Crippen LogP contribution in [0.3, 0.4) is 0 Å². The van der Waals surface area contributed by atoms with Crippen molar-refractivity contribution in [3.05, 3.63) is 28.0 Å². The first-order valence-corrected chi connectivity index (χ1v) is 6.33. The molecule has 0 unspecified atom stereocenters. The number of sulfone groups is 1. The van der Waals surface area contributed by atoms with Crippen molar-refractivity contribution in [1.29, 1.82) is 0 Å². The van der Waals surface area contributed by atoms with Crippen molar-refractivity contribution in [1.82, 2.24) is 0 Å². The lowest BCUT2D eigenvalue weighted by Crippen LogP contribution is -2.05. The highest BCUT2D eigenvalue weighted by Crippen LogP contribution is 2.24. The molecule has 1 rings (SSSR count). The molecule has 0 spiro atoms. The zero-order chi connectivity index (χ0) is 10.9. The van der Waals surface area contributed by atoms with Crippen LogP contribution in [0.1, 0.15) is 5.56 Å². The summed E-state index contributed by atoms with van der Waals surface area (Å²) in [6.45, 7) is -0.637. The topological polar surface area (TPSA) is 54.4 Å². The van der Waals surface area contributed by atoms with Crippen molar-refractivity contribution in [2.45, 2.75) is 11.5 Å². The summed E-state index contributed by atoms with van der Waals surface area (Å²) in [4.78, 5) is -0.188. The number of halogens is 2. The van der Waals surface area contributed by atoms with E-state index in [1.165, 1.54) is 6.07 Å². The van der Waals surface area contributed by atoms with Gasteiger partial charge in [-0.25, -0.2) is 12.8 Å². The van der Waals surface area contributed by atoms with E-state index >= 15 is 0 Å². The van der Waals surface area contributed by atoms with Gasteiger partial charge in [-0.2, -0.15) is 0 Å². The van der Waals surface area contributed by atoms with Crippen LogP contribution in [0.2, 0.25) is 0 Å². The van der Waals surface area contributed by atoms with Crippen LogP contribution in [0.5, 0.6) is 0 Å². The average Bonchev–Trinajstić information content (AvgIpc) is 2.01. The summed E-state index contributed by atoms with van der Waals surface area (Å²) in [5.41, 5.74) is -0.198. The Labute approximate surface area is 89.6 Å². The van der Waals surface area contributed by atoms with E-state index in [0.29, 0.717) is 4.47 Å². The molecule has 0 heterocycles. The molecule has 3 nitrogen and oxygen atoms in total. The van der Waals surface area contributed by atoms with E-state index < -0.39 is 22.3 Å². The normalized spacial score (nSPS) is 11.7. The molecule has 0 radical (unpaired) electrons. The van der Waals surface area contributed by atoms with E-state index in [0.717, 1.165) is 12.3 Å². The second-order valence-corrected chi connectivity index (χ2v) is 5.69. The van der Waals surface area contributed by atoms with Gasteiger partial charge in [0.2, 0.25) is 0 Å². The van der Waals surface area contributed by atoms with E-state index in [1.807, 2.05) is 0 Å². The number of aliphatic hydroxyl groups is 1. The highest BCUT2D eigenvalue weighted by atomic mass is 79.9. The molecule has 0 aliphatic carbocycles. The predicted molar refractivity (Wildman–Crippen MR) is 53.1 cm³/mol. The van der Waals surface area contributed by atoms with E-state index in [4.69, 9.17) is 5.11 Å². The molecule has 0 fully saturated rings. The van der Waals surface area contributed by atoms with Crippen molar-refractivity contribution in [2.75, 3.05) is 6.26 Å². The maximum absolute atomic E-state index is 13.2. The lowest BCUT2D eigenvalue weighted by Gasteiger charge is -2.07. The molecule has 0 bridgehead atoms. The fourth-order valence-corrected chi connectivity index (χ4v) is 2.60. The van der Waals surface area contributed by atoms with Gasteiger partial charge in [0, 0.05) is 16.3 Å². The predicted octanol–water partition coefficient (Wildman–Crippen LogP) is 1.48. The highest BCUT2D eigenvalue weighted by molar-refractivity contribution is 9.10. The molecule has 1 aromatic carbocycles. The zero-order valence-electron chi connectivity index (χ0n) is 7.29. The second-order valence-electron chi connectivity index (χ2n) is 2.79. The molecule has 0 aliphatic rings. The lowest BCUT2D eigenvalue weighted by molar-refractivity contribution is 0.272. The van der Waals surface area contributed by atoms with E-state index in [-0.39, 0.29) is 10.5 Å². The summed E-state index contributed by atoms with van der Waals surface area (Å²) in [7, 11) is -3.52. The molecule has 0 aliphatic heterocycles. The van der Waals surface area contributed by atoms with Gasteiger partial charge in [-0.05, 0) is 12.1 Å². The van der Waals surface area contributed by atoms with Crippen LogP contribution in [-0.2, 0) is 16.4 Å². The maximum Gasteiger partial charge on any atom is 0.176 e. The quantitative estimate of drug-likeness (QED) is 0.894. The molecule has 0 saturated heterocycles. The van der Waals surface area contributed by atoms with Crippen LogP contribution in [0.4, 0.5) is 4.39 Å². The lowest BCUT2D eigenvalue weighted by atomic mass is 10.2. The first-order chi connectivity index (χ1) is 6.36. The summed E-state index contributed by atoms with van der Waals surface area (Å²) in [5.74, 6) is -0.734. The number of benzene rings is 1. The van der Waals surface area contributed by atoms with Crippen LogP contribution in [0.15, 0.2) is 21.5 Å². The summed E-state index contributed by atoms with van der Waals surface area (Å²) in [5, 5.41) is 8.83. The first-order valence-electron chi connectivity index (χ1n) is 3.65. The van der Waals surface area contributed by atoms with Crippen LogP contribution < -0.4 is 0 Å². The SMILES string of the molecule is CS(=O)(=O)c1cc(Br)cc(F)c1CO.